The van der Waals surface area contributed by atoms with Crippen LogP contribution < -0.4 is 10.5 Å². The molecule has 18 heavy (non-hydrogen) atoms. The standard InChI is InChI=1S/C12H12FN3O2/c1-18-9-5-7(6-17)4-8(13)11(9)12-15-3-2-10(14)16-12/h2-5,17H,6H2,1H3,(H2,14,15,16). The lowest BCUT2D eigenvalue weighted by Crippen LogP contribution is -2.00. The highest BCUT2D eigenvalue weighted by Crippen LogP contribution is 2.31. The van der Waals surface area contributed by atoms with Crippen LogP contribution in [-0.2, 0) is 6.61 Å². The molecule has 0 amide bonds. The van der Waals surface area contributed by atoms with Crippen molar-refractivity contribution in [3.8, 4) is 17.1 Å². The summed E-state index contributed by atoms with van der Waals surface area (Å²) in [5.74, 6) is 0.0789. The van der Waals surface area contributed by atoms with Crippen LogP contribution in [-0.4, -0.2) is 22.2 Å². The second-order valence-corrected chi connectivity index (χ2v) is 3.62. The van der Waals surface area contributed by atoms with Gasteiger partial charge >= 0.3 is 0 Å². The molecule has 0 radical (unpaired) electrons. The van der Waals surface area contributed by atoms with Crippen LogP contribution in [0.4, 0.5) is 10.2 Å². The lowest BCUT2D eigenvalue weighted by Gasteiger charge is -2.10. The van der Waals surface area contributed by atoms with Crippen molar-refractivity contribution in [3.05, 3.63) is 35.8 Å². The van der Waals surface area contributed by atoms with Gasteiger partial charge in [0.1, 0.15) is 17.4 Å². The summed E-state index contributed by atoms with van der Waals surface area (Å²) in [6.45, 7) is -0.272. The fourth-order valence-electron chi connectivity index (χ4n) is 1.60. The van der Waals surface area contributed by atoms with Crippen molar-refractivity contribution < 1.29 is 14.2 Å². The van der Waals surface area contributed by atoms with E-state index in [2.05, 4.69) is 9.97 Å². The molecule has 3 N–H and O–H groups in total. The van der Waals surface area contributed by atoms with Gasteiger partial charge in [0.05, 0.1) is 19.3 Å². The molecule has 2 rings (SSSR count). The maximum atomic E-state index is 14.0. The second-order valence-electron chi connectivity index (χ2n) is 3.62. The molecule has 2 aromatic rings. The van der Waals surface area contributed by atoms with E-state index in [4.69, 9.17) is 15.6 Å². The summed E-state index contributed by atoms with van der Waals surface area (Å²) in [7, 11) is 1.41. The van der Waals surface area contributed by atoms with E-state index in [0.29, 0.717) is 5.56 Å². The molecule has 0 saturated heterocycles. The minimum absolute atomic E-state index is 0.127. The zero-order valence-corrected chi connectivity index (χ0v) is 9.72. The molecule has 0 bridgehead atoms. The second kappa shape index (κ2) is 4.97. The normalized spacial score (nSPS) is 10.4. The summed E-state index contributed by atoms with van der Waals surface area (Å²) in [5, 5.41) is 9.01. The first-order valence-electron chi connectivity index (χ1n) is 5.22. The molecule has 0 saturated carbocycles. The van der Waals surface area contributed by atoms with Gasteiger partial charge in [-0.05, 0) is 23.8 Å². The van der Waals surface area contributed by atoms with Gasteiger partial charge in [0.15, 0.2) is 5.82 Å². The van der Waals surface area contributed by atoms with Crippen LogP contribution in [0.1, 0.15) is 5.56 Å². The number of methoxy groups -OCH3 is 1. The molecule has 6 heteroatoms. The van der Waals surface area contributed by atoms with Gasteiger partial charge in [0, 0.05) is 6.20 Å². The number of hydrogen-bond acceptors (Lipinski definition) is 5. The zero-order valence-electron chi connectivity index (χ0n) is 9.72. The predicted molar refractivity (Wildman–Crippen MR) is 64.3 cm³/mol. The predicted octanol–water partition coefficient (Wildman–Crippen LogP) is 1.37. The van der Waals surface area contributed by atoms with Gasteiger partial charge in [0.2, 0.25) is 0 Å². The Kier molecular flexibility index (Phi) is 3.38. The number of nitrogen functional groups attached to an aromatic ring is 1. The first-order chi connectivity index (χ1) is 8.65. The number of rotatable bonds is 3. The Morgan fingerprint density at radius 3 is 2.83 bits per heavy atom. The number of nitrogens with zero attached hydrogens (tertiary/aromatic N) is 2. The quantitative estimate of drug-likeness (QED) is 0.858. The SMILES string of the molecule is COc1cc(CO)cc(F)c1-c1nccc(N)n1. The van der Waals surface area contributed by atoms with Crippen molar-refractivity contribution >= 4 is 5.82 Å². The summed E-state index contributed by atoms with van der Waals surface area (Å²) in [4.78, 5) is 7.91. The monoisotopic (exact) mass is 249 g/mol. The fourth-order valence-corrected chi connectivity index (χ4v) is 1.60. The van der Waals surface area contributed by atoms with Crippen LogP contribution in [0, 0.1) is 5.82 Å². The molecule has 0 fully saturated rings. The van der Waals surface area contributed by atoms with Crippen molar-refractivity contribution in [2.24, 2.45) is 0 Å². The molecular formula is C12H12FN3O2. The van der Waals surface area contributed by atoms with Gasteiger partial charge in [-0.2, -0.15) is 0 Å². The number of aliphatic hydroxyl groups is 1. The number of hydrogen-bond donors (Lipinski definition) is 2. The molecule has 0 aliphatic carbocycles. The first-order valence-corrected chi connectivity index (χ1v) is 5.22. The maximum absolute atomic E-state index is 14.0. The van der Waals surface area contributed by atoms with Crippen LogP contribution in [0.25, 0.3) is 11.4 Å². The summed E-state index contributed by atoms with van der Waals surface area (Å²) in [6.07, 6.45) is 1.44. The van der Waals surface area contributed by atoms with E-state index in [9.17, 15) is 4.39 Å². The molecule has 1 aromatic heterocycles. The summed E-state index contributed by atoms with van der Waals surface area (Å²) in [6, 6.07) is 4.26. The number of benzene rings is 1. The van der Waals surface area contributed by atoms with Crippen LogP contribution in [0.2, 0.25) is 0 Å². The van der Waals surface area contributed by atoms with Crippen molar-refractivity contribution in [1.29, 1.82) is 0 Å². The third kappa shape index (κ3) is 2.23. The molecule has 0 aliphatic rings. The Morgan fingerprint density at radius 2 is 2.22 bits per heavy atom. The highest BCUT2D eigenvalue weighted by Gasteiger charge is 2.16. The number of aromatic nitrogens is 2. The Balaban J connectivity index is 2.63. The number of nitrogens with two attached hydrogens (primary N) is 1. The van der Waals surface area contributed by atoms with Crippen molar-refractivity contribution in [1.82, 2.24) is 9.97 Å². The minimum Gasteiger partial charge on any atom is -0.496 e. The largest absolute Gasteiger partial charge is 0.496 e. The lowest BCUT2D eigenvalue weighted by atomic mass is 10.1. The van der Waals surface area contributed by atoms with Crippen LogP contribution in [0.3, 0.4) is 0 Å². The Morgan fingerprint density at radius 1 is 1.44 bits per heavy atom. The van der Waals surface area contributed by atoms with Gasteiger partial charge < -0.3 is 15.6 Å². The van der Waals surface area contributed by atoms with Gasteiger partial charge in [-0.3, -0.25) is 0 Å². The van der Waals surface area contributed by atoms with E-state index >= 15 is 0 Å². The summed E-state index contributed by atoms with van der Waals surface area (Å²) >= 11 is 0. The summed E-state index contributed by atoms with van der Waals surface area (Å²) < 4.78 is 19.1. The highest BCUT2D eigenvalue weighted by atomic mass is 19.1. The molecule has 0 aliphatic heterocycles. The van der Waals surface area contributed by atoms with Gasteiger partial charge in [-0.25, -0.2) is 14.4 Å². The molecule has 5 nitrogen and oxygen atoms in total. The van der Waals surface area contributed by atoms with Gasteiger partial charge in [-0.15, -0.1) is 0 Å². The lowest BCUT2D eigenvalue weighted by molar-refractivity contribution is 0.280. The maximum Gasteiger partial charge on any atom is 0.168 e. The fraction of sp³-hybridized carbons (Fsp3) is 0.167. The first kappa shape index (κ1) is 12.3. The van der Waals surface area contributed by atoms with E-state index in [1.165, 1.54) is 31.5 Å². The average Bonchev–Trinajstić information content (AvgIpc) is 2.37. The number of anilines is 1. The Hall–Kier alpha value is -2.21. The van der Waals surface area contributed by atoms with Gasteiger partial charge in [-0.1, -0.05) is 0 Å². The minimum atomic E-state index is -0.566. The molecule has 0 atom stereocenters. The number of aliphatic hydroxyl groups excluding tert-OH is 1. The molecule has 1 heterocycles. The van der Waals surface area contributed by atoms with Crippen molar-refractivity contribution in [2.75, 3.05) is 12.8 Å². The molecule has 0 unspecified atom stereocenters. The smallest absolute Gasteiger partial charge is 0.168 e. The van der Waals surface area contributed by atoms with E-state index in [-0.39, 0.29) is 29.6 Å². The van der Waals surface area contributed by atoms with E-state index < -0.39 is 5.82 Å². The molecule has 0 spiro atoms. The Labute approximate surface area is 103 Å². The number of ether oxygens (including phenoxy) is 1. The van der Waals surface area contributed by atoms with Crippen molar-refractivity contribution in [3.63, 3.8) is 0 Å². The van der Waals surface area contributed by atoms with Crippen LogP contribution >= 0.6 is 0 Å². The topological polar surface area (TPSA) is 81.3 Å². The van der Waals surface area contributed by atoms with E-state index in [0.717, 1.165) is 0 Å². The van der Waals surface area contributed by atoms with Crippen LogP contribution in [0.5, 0.6) is 5.75 Å². The average molecular weight is 249 g/mol. The molecular weight excluding hydrogens is 237 g/mol. The Bertz CT molecular complexity index is 575. The zero-order chi connectivity index (χ0) is 13.1. The van der Waals surface area contributed by atoms with Gasteiger partial charge in [0.25, 0.3) is 0 Å². The number of halogens is 1. The molecule has 94 valence electrons. The summed E-state index contributed by atoms with van der Waals surface area (Å²) in [5.41, 5.74) is 6.08. The third-order valence-electron chi connectivity index (χ3n) is 2.42. The van der Waals surface area contributed by atoms with E-state index in [1.807, 2.05) is 0 Å². The van der Waals surface area contributed by atoms with Crippen molar-refractivity contribution in [2.45, 2.75) is 6.61 Å². The van der Waals surface area contributed by atoms with E-state index in [1.54, 1.807) is 0 Å². The van der Waals surface area contributed by atoms with Crippen LogP contribution in [0.15, 0.2) is 24.4 Å². The molecule has 1 aromatic carbocycles. The third-order valence-corrected chi connectivity index (χ3v) is 2.42. The highest BCUT2D eigenvalue weighted by molar-refractivity contribution is 5.66.